The Bertz CT molecular complexity index is 821. The van der Waals surface area contributed by atoms with Gasteiger partial charge < -0.3 is 9.80 Å². The highest BCUT2D eigenvalue weighted by atomic mass is 19.1. The van der Waals surface area contributed by atoms with E-state index in [4.69, 9.17) is 0 Å². The Morgan fingerprint density at radius 1 is 0.963 bits per heavy atom. The Labute approximate surface area is 159 Å². The average molecular weight is 368 g/mol. The van der Waals surface area contributed by atoms with E-state index in [1.54, 1.807) is 6.07 Å². The molecule has 142 valence electrons. The molecule has 5 heteroatoms. The summed E-state index contributed by atoms with van der Waals surface area (Å²) >= 11 is 0. The molecule has 3 rings (SSSR count). The molecule has 0 aliphatic carbocycles. The number of halogens is 1. The molecule has 1 fully saturated rings. The van der Waals surface area contributed by atoms with Crippen molar-refractivity contribution in [2.75, 3.05) is 26.2 Å². The van der Waals surface area contributed by atoms with Crippen molar-refractivity contribution in [2.45, 2.75) is 26.2 Å². The van der Waals surface area contributed by atoms with E-state index < -0.39 is 0 Å². The van der Waals surface area contributed by atoms with E-state index in [0.717, 1.165) is 23.1 Å². The molecule has 0 N–H and O–H groups in total. The number of nitrogens with zero attached hydrogens (tertiary/aromatic N) is 2. The highest BCUT2D eigenvalue weighted by Crippen LogP contribution is 2.14. The largest absolute Gasteiger partial charge is 0.341 e. The lowest BCUT2D eigenvalue weighted by Crippen LogP contribution is -2.37. The van der Waals surface area contributed by atoms with Gasteiger partial charge in [0.25, 0.3) is 5.91 Å². The van der Waals surface area contributed by atoms with Crippen LogP contribution in [-0.4, -0.2) is 47.8 Å². The first kappa shape index (κ1) is 19.1. The number of amides is 2. The second-order valence-corrected chi connectivity index (χ2v) is 6.97. The Morgan fingerprint density at radius 3 is 2.48 bits per heavy atom. The Hall–Kier alpha value is -2.69. The lowest BCUT2D eigenvalue weighted by atomic mass is 10.1. The van der Waals surface area contributed by atoms with Gasteiger partial charge in [-0.15, -0.1) is 0 Å². The van der Waals surface area contributed by atoms with Crippen molar-refractivity contribution in [1.29, 1.82) is 0 Å². The lowest BCUT2D eigenvalue weighted by molar-refractivity contribution is -0.131. The van der Waals surface area contributed by atoms with Crippen LogP contribution in [0.3, 0.4) is 0 Å². The zero-order valence-electron chi connectivity index (χ0n) is 15.7. The van der Waals surface area contributed by atoms with E-state index in [1.165, 1.54) is 12.1 Å². The highest BCUT2D eigenvalue weighted by Gasteiger charge is 2.23. The second kappa shape index (κ2) is 8.80. The molecule has 1 aliphatic heterocycles. The van der Waals surface area contributed by atoms with Crippen molar-refractivity contribution in [3.8, 4) is 0 Å². The first-order valence-electron chi connectivity index (χ1n) is 9.42. The van der Waals surface area contributed by atoms with Crippen molar-refractivity contribution in [2.24, 2.45) is 0 Å². The fourth-order valence-corrected chi connectivity index (χ4v) is 3.46. The van der Waals surface area contributed by atoms with Gasteiger partial charge in [-0.25, -0.2) is 4.39 Å². The van der Waals surface area contributed by atoms with Crippen LogP contribution in [-0.2, 0) is 11.2 Å². The molecule has 0 aromatic heterocycles. The minimum atomic E-state index is -0.278. The fourth-order valence-electron chi connectivity index (χ4n) is 3.46. The summed E-state index contributed by atoms with van der Waals surface area (Å²) < 4.78 is 13.3. The number of benzene rings is 2. The van der Waals surface area contributed by atoms with Crippen molar-refractivity contribution in [3.63, 3.8) is 0 Å². The number of carbonyl (C=O) groups is 2. The summed E-state index contributed by atoms with van der Waals surface area (Å²) in [7, 11) is 0. The molecule has 2 amide bonds. The van der Waals surface area contributed by atoms with E-state index in [9.17, 15) is 14.0 Å². The van der Waals surface area contributed by atoms with Gasteiger partial charge in [0.05, 0.1) is 0 Å². The summed E-state index contributed by atoms with van der Waals surface area (Å²) in [5.74, 6) is -0.188. The number of carbonyl (C=O) groups excluding carboxylic acids is 2. The van der Waals surface area contributed by atoms with Crippen LogP contribution in [0.25, 0.3) is 0 Å². The number of rotatable bonds is 4. The molecule has 0 saturated carbocycles. The van der Waals surface area contributed by atoms with E-state index >= 15 is 0 Å². The van der Waals surface area contributed by atoms with Crippen LogP contribution in [0, 0.1) is 12.7 Å². The normalized spacial score (nSPS) is 14.7. The smallest absolute Gasteiger partial charge is 0.254 e. The lowest BCUT2D eigenvalue weighted by Gasteiger charge is -2.23. The minimum absolute atomic E-state index is 0.0298. The van der Waals surface area contributed by atoms with Crippen LogP contribution < -0.4 is 0 Å². The predicted octanol–water partition coefficient (Wildman–Crippen LogP) is 3.44. The molecule has 27 heavy (non-hydrogen) atoms. The van der Waals surface area contributed by atoms with Gasteiger partial charge in [-0.3, -0.25) is 9.59 Å². The Kier molecular flexibility index (Phi) is 6.22. The third kappa shape index (κ3) is 4.94. The molecule has 2 aromatic carbocycles. The summed E-state index contributed by atoms with van der Waals surface area (Å²) in [6.45, 7) is 4.33. The number of hydrogen-bond acceptors (Lipinski definition) is 2. The standard InChI is InChI=1S/C22H25FN2O2/c1-17-6-2-3-9-20(17)22(27)25-13-5-12-24(14-15-25)21(26)11-10-18-7-4-8-19(23)16-18/h2-4,6-9,16H,5,10-15H2,1H3. The van der Waals surface area contributed by atoms with E-state index in [1.807, 2.05) is 47.1 Å². The van der Waals surface area contributed by atoms with E-state index in [-0.39, 0.29) is 17.6 Å². The molecule has 1 heterocycles. The molecule has 1 aliphatic rings. The van der Waals surface area contributed by atoms with Crippen LogP contribution in [0.4, 0.5) is 4.39 Å². The summed E-state index contributed by atoms with van der Waals surface area (Å²) in [5.41, 5.74) is 2.52. The molecular weight excluding hydrogens is 343 g/mol. The molecule has 0 unspecified atom stereocenters. The molecule has 0 spiro atoms. The summed E-state index contributed by atoms with van der Waals surface area (Å²) in [5, 5.41) is 0. The van der Waals surface area contributed by atoms with E-state index in [2.05, 4.69) is 0 Å². The zero-order chi connectivity index (χ0) is 19.2. The number of aryl methyl sites for hydroxylation is 2. The van der Waals surface area contributed by atoms with Crippen molar-refractivity contribution < 1.29 is 14.0 Å². The fraction of sp³-hybridized carbons (Fsp3) is 0.364. The maximum absolute atomic E-state index is 13.3. The van der Waals surface area contributed by atoms with Gasteiger partial charge in [0.2, 0.25) is 5.91 Å². The quantitative estimate of drug-likeness (QED) is 0.829. The van der Waals surface area contributed by atoms with Gasteiger partial charge in [0.1, 0.15) is 5.82 Å². The van der Waals surface area contributed by atoms with Crippen molar-refractivity contribution >= 4 is 11.8 Å². The van der Waals surface area contributed by atoms with Gasteiger partial charge in [-0.2, -0.15) is 0 Å². The van der Waals surface area contributed by atoms with Crippen LogP contribution in [0.2, 0.25) is 0 Å². The highest BCUT2D eigenvalue weighted by molar-refractivity contribution is 5.95. The molecule has 2 aromatic rings. The maximum Gasteiger partial charge on any atom is 0.254 e. The van der Waals surface area contributed by atoms with Gasteiger partial charge in [0.15, 0.2) is 0 Å². The van der Waals surface area contributed by atoms with Gasteiger partial charge in [-0.1, -0.05) is 30.3 Å². The second-order valence-electron chi connectivity index (χ2n) is 6.97. The summed E-state index contributed by atoms with van der Waals surface area (Å²) in [6, 6.07) is 14.0. The molecule has 0 bridgehead atoms. The van der Waals surface area contributed by atoms with Crippen molar-refractivity contribution in [3.05, 3.63) is 71.0 Å². The molecule has 1 saturated heterocycles. The average Bonchev–Trinajstić information content (AvgIpc) is 2.92. The van der Waals surface area contributed by atoms with Gasteiger partial charge >= 0.3 is 0 Å². The molecule has 4 nitrogen and oxygen atoms in total. The Morgan fingerprint density at radius 2 is 1.70 bits per heavy atom. The van der Waals surface area contributed by atoms with Gasteiger partial charge in [0, 0.05) is 38.2 Å². The maximum atomic E-state index is 13.3. The third-order valence-corrected chi connectivity index (χ3v) is 5.03. The molecule has 0 radical (unpaired) electrons. The zero-order valence-corrected chi connectivity index (χ0v) is 15.7. The van der Waals surface area contributed by atoms with Crippen LogP contribution in [0.1, 0.15) is 34.3 Å². The first-order valence-corrected chi connectivity index (χ1v) is 9.42. The predicted molar refractivity (Wildman–Crippen MR) is 103 cm³/mol. The number of hydrogen-bond donors (Lipinski definition) is 0. The van der Waals surface area contributed by atoms with Gasteiger partial charge in [-0.05, 0) is 49.1 Å². The monoisotopic (exact) mass is 368 g/mol. The summed E-state index contributed by atoms with van der Waals surface area (Å²) in [6.07, 6.45) is 1.65. The topological polar surface area (TPSA) is 40.6 Å². The third-order valence-electron chi connectivity index (χ3n) is 5.03. The first-order chi connectivity index (χ1) is 13.0. The summed E-state index contributed by atoms with van der Waals surface area (Å²) in [4.78, 5) is 29.0. The molecular formula is C22H25FN2O2. The van der Waals surface area contributed by atoms with Crippen molar-refractivity contribution in [1.82, 2.24) is 9.80 Å². The molecule has 0 atom stereocenters. The minimum Gasteiger partial charge on any atom is -0.341 e. The van der Waals surface area contributed by atoms with Crippen LogP contribution >= 0.6 is 0 Å². The van der Waals surface area contributed by atoms with E-state index in [0.29, 0.717) is 39.0 Å². The van der Waals surface area contributed by atoms with Crippen LogP contribution in [0.15, 0.2) is 48.5 Å². The SMILES string of the molecule is Cc1ccccc1C(=O)N1CCCN(C(=O)CCc2cccc(F)c2)CC1. The van der Waals surface area contributed by atoms with Crippen LogP contribution in [0.5, 0.6) is 0 Å². The Balaban J connectivity index is 1.55.